The summed E-state index contributed by atoms with van der Waals surface area (Å²) in [6, 6.07) is 3.98. The van der Waals surface area contributed by atoms with E-state index >= 15 is 0 Å². The van der Waals surface area contributed by atoms with Crippen LogP contribution in [0.3, 0.4) is 0 Å². The summed E-state index contributed by atoms with van der Waals surface area (Å²) < 4.78 is 0.826. The Balaban J connectivity index is 2.07. The topological polar surface area (TPSA) is 37.4 Å². The number of nitrogens with zero attached hydrogens (tertiary/aromatic N) is 1. The van der Waals surface area contributed by atoms with Gasteiger partial charge in [0.15, 0.2) is 0 Å². The molecule has 4 heteroatoms. The van der Waals surface area contributed by atoms with Crippen molar-refractivity contribution >= 4 is 33.4 Å². The second kappa shape index (κ2) is 4.69. The number of carbonyl (C=O) groups excluding carboxylic acids is 2. The van der Waals surface area contributed by atoms with Crippen LogP contribution in [0.1, 0.15) is 43.2 Å². The summed E-state index contributed by atoms with van der Waals surface area (Å²) in [4.78, 5) is 26.7. The molecule has 3 nitrogen and oxygen atoms in total. The minimum Gasteiger partial charge on any atom is -0.274 e. The predicted molar refractivity (Wildman–Crippen MR) is 81.6 cm³/mol. The Bertz CT molecular complexity index is 579. The Hall–Kier alpha value is -1.16. The van der Waals surface area contributed by atoms with Gasteiger partial charge in [0.1, 0.15) is 0 Å². The summed E-state index contributed by atoms with van der Waals surface area (Å²) >= 11 is 3.51. The lowest BCUT2D eigenvalue weighted by Gasteiger charge is -2.23. The molecule has 2 amide bonds. The van der Waals surface area contributed by atoms with Crippen LogP contribution >= 0.6 is 15.9 Å². The lowest BCUT2D eigenvalue weighted by molar-refractivity contribution is -0.125. The van der Waals surface area contributed by atoms with Gasteiger partial charge in [0, 0.05) is 10.9 Å². The van der Waals surface area contributed by atoms with Gasteiger partial charge in [-0.2, -0.15) is 0 Å². The zero-order valence-corrected chi connectivity index (χ0v) is 13.4. The molecule has 1 saturated heterocycles. The van der Waals surface area contributed by atoms with E-state index in [-0.39, 0.29) is 11.8 Å². The third kappa shape index (κ3) is 1.93. The SMILES string of the molecule is Cc1cc(C)c(N2C(=O)CC3(CCCC3)C2=O)c(Br)c1. The number of hydrogen-bond donors (Lipinski definition) is 0. The lowest BCUT2D eigenvalue weighted by atomic mass is 9.84. The van der Waals surface area contributed by atoms with Crippen LogP contribution < -0.4 is 4.90 Å². The normalized spacial score (nSPS) is 21.2. The maximum absolute atomic E-state index is 12.8. The molecule has 1 spiro atoms. The smallest absolute Gasteiger partial charge is 0.240 e. The van der Waals surface area contributed by atoms with Crippen LogP contribution in [0.5, 0.6) is 0 Å². The van der Waals surface area contributed by atoms with E-state index in [1.165, 1.54) is 4.90 Å². The molecule has 0 atom stereocenters. The summed E-state index contributed by atoms with van der Waals surface area (Å²) in [6.07, 6.45) is 4.21. The highest BCUT2D eigenvalue weighted by Crippen LogP contribution is 2.49. The van der Waals surface area contributed by atoms with Crippen molar-refractivity contribution in [3.8, 4) is 0 Å². The Morgan fingerprint density at radius 3 is 2.40 bits per heavy atom. The Labute approximate surface area is 127 Å². The molecule has 1 heterocycles. The molecular formula is C16H18BrNO2. The van der Waals surface area contributed by atoms with Crippen molar-refractivity contribution in [3.63, 3.8) is 0 Å². The monoisotopic (exact) mass is 335 g/mol. The third-order valence-electron chi connectivity index (χ3n) is 4.58. The first-order chi connectivity index (χ1) is 9.44. The Kier molecular flexibility index (Phi) is 3.24. The van der Waals surface area contributed by atoms with Gasteiger partial charge in [-0.25, -0.2) is 4.90 Å². The first-order valence-corrected chi connectivity index (χ1v) is 7.88. The highest BCUT2D eigenvalue weighted by molar-refractivity contribution is 9.10. The quantitative estimate of drug-likeness (QED) is 0.730. The van der Waals surface area contributed by atoms with Gasteiger partial charge in [-0.3, -0.25) is 9.59 Å². The van der Waals surface area contributed by atoms with Crippen molar-refractivity contribution in [3.05, 3.63) is 27.7 Å². The van der Waals surface area contributed by atoms with E-state index in [2.05, 4.69) is 15.9 Å². The van der Waals surface area contributed by atoms with Gasteiger partial charge in [0.2, 0.25) is 11.8 Å². The lowest BCUT2D eigenvalue weighted by Crippen LogP contribution is -2.35. The fourth-order valence-corrected chi connectivity index (χ4v) is 4.51. The zero-order chi connectivity index (χ0) is 14.5. The van der Waals surface area contributed by atoms with E-state index < -0.39 is 5.41 Å². The summed E-state index contributed by atoms with van der Waals surface area (Å²) in [5.74, 6) is -0.0443. The van der Waals surface area contributed by atoms with Gasteiger partial charge in [-0.1, -0.05) is 18.9 Å². The van der Waals surface area contributed by atoms with E-state index in [1.54, 1.807) is 0 Å². The molecule has 0 N–H and O–H groups in total. The largest absolute Gasteiger partial charge is 0.274 e. The second-order valence-corrected chi connectivity index (χ2v) is 6.97. The number of imide groups is 1. The fraction of sp³-hybridized carbons (Fsp3) is 0.500. The second-order valence-electron chi connectivity index (χ2n) is 6.11. The Morgan fingerprint density at radius 2 is 1.80 bits per heavy atom. The van der Waals surface area contributed by atoms with Crippen LogP contribution in [0.15, 0.2) is 16.6 Å². The number of carbonyl (C=O) groups is 2. The van der Waals surface area contributed by atoms with Crippen LogP contribution in [0.25, 0.3) is 0 Å². The highest BCUT2D eigenvalue weighted by atomic mass is 79.9. The first-order valence-electron chi connectivity index (χ1n) is 7.09. The van der Waals surface area contributed by atoms with Crippen molar-refractivity contribution in [2.75, 3.05) is 4.90 Å². The summed E-state index contributed by atoms with van der Waals surface area (Å²) in [5, 5.41) is 0. The van der Waals surface area contributed by atoms with Crippen LogP contribution in [0.4, 0.5) is 5.69 Å². The first kappa shape index (κ1) is 13.8. The van der Waals surface area contributed by atoms with Crippen molar-refractivity contribution in [2.24, 2.45) is 5.41 Å². The number of halogens is 1. The maximum Gasteiger partial charge on any atom is 0.240 e. The van der Waals surface area contributed by atoms with Crippen molar-refractivity contribution < 1.29 is 9.59 Å². The molecule has 0 unspecified atom stereocenters. The molecule has 1 aromatic carbocycles. The average Bonchev–Trinajstić information content (AvgIpc) is 2.89. The van der Waals surface area contributed by atoms with Crippen LogP contribution in [-0.4, -0.2) is 11.8 Å². The molecule has 0 radical (unpaired) electrons. The molecular weight excluding hydrogens is 318 g/mol. The fourth-order valence-electron chi connectivity index (χ4n) is 3.65. The summed E-state index contributed by atoms with van der Waals surface area (Å²) in [6.45, 7) is 3.96. The molecule has 106 valence electrons. The predicted octanol–water partition coefficient (Wildman–Crippen LogP) is 3.89. The van der Waals surface area contributed by atoms with Crippen LogP contribution in [0.2, 0.25) is 0 Å². The van der Waals surface area contributed by atoms with Crippen molar-refractivity contribution in [1.29, 1.82) is 0 Å². The minimum absolute atomic E-state index is 0.00709. The molecule has 1 aliphatic heterocycles. The number of benzene rings is 1. The van der Waals surface area contributed by atoms with Gasteiger partial charge in [0.25, 0.3) is 0 Å². The van der Waals surface area contributed by atoms with E-state index in [0.29, 0.717) is 6.42 Å². The molecule has 2 fully saturated rings. The van der Waals surface area contributed by atoms with Gasteiger partial charge in [-0.15, -0.1) is 0 Å². The number of aryl methyl sites for hydroxylation is 2. The van der Waals surface area contributed by atoms with Crippen LogP contribution in [-0.2, 0) is 9.59 Å². The number of rotatable bonds is 1. The number of anilines is 1. The van der Waals surface area contributed by atoms with E-state index in [9.17, 15) is 9.59 Å². The van der Waals surface area contributed by atoms with Gasteiger partial charge < -0.3 is 0 Å². The van der Waals surface area contributed by atoms with Crippen molar-refractivity contribution in [2.45, 2.75) is 46.0 Å². The van der Waals surface area contributed by atoms with E-state index in [1.807, 2.05) is 26.0 Å². The standard InChI is InChI=1S/C16H18BrNO2/c1-10-7-11(2)14(12(17)8-10)18-13(19)9-16(15(18)20)5-3-4-6-16/h7-8H,3-6,9H2,1-2H3. The van der Waals surface area contributed by atoms with Crippen LogP contribution in [0, 0.1) is 19.3 Å². The summed E-state index contributed by atoms with van der Waals surface area (Å²) in [7, 11) is 0. The number of hydrogen-bond acceptors (Lipinski definition) is 2. The molecule has 1 saturated carbocycles. The molecule has 1 aromatic rings. The molecule has 20 heavy (non-hydrogen) atoms. The average molecular weight is 336 g/mol. The molecule has 0 aromatic heterocycles. The maximum atomic E-state index is 12.8. The van der Waals surface area contributed by atoms with Gasteiger partial charge in [-0.05, 0) is 59.8 Å². The molecule has 1 aliphatic carbocycles. The molecule has 0 bridgehead atoms. The third-order valence-corrected chi connectivity index (χ3v) is 5.18. The minimum atomic E-state index is -0.409. The van der Waals surface area contributed by atoms with E-state index in [4.69, 9.17) is 0 Å². The van der Waals surface area contributed by atoms with Gasteiger partial charge >= 0.3 is 0 Å². The van der Waals surface area contributed by atoms with E-state index in [0.717, 1.165) is 47.0 Å². The van der Waals surface area contributed by atoms with Crippen molar-refractivity contribution in [1.82, 2.24) is 0 Å². The summed E-state index contributed by atoms with van der Waals surface area (Å²) in [5.41, 5.74) is 2.41. The highest BCUT2D eigenvalue weighted by Gasteiger charge is 2.53. The van der Waals surface area contributed by atoms with Gasteiger partial charge in [0.05, 0.1) is 11.1 Å². The Morgan fingerprint density at radius 1 is 1.15 bits per heavy atom. The number of amides is 2. The molecule has 2 aliphatic rings. The molecule has 3 rings (SSSR count). The zero-order valence-electron chi connectivity index (χ0n) is 11.8.